The second-order valence-corrected chi connectivity index (χ2v) is 5.99. The fourth-order valence-electron chi connectivity index (χ4n) is 2.76. The average Bonchev–Trinajstić information content (AvgIpc) is 2.72. The highest BCUT2D eigenvalue weighted by molar-refractivity contribution is 5.67. The lowest BCUT2D eigenvalue weighted by atomic mass is 9.97. The highest BCUT2D eigenvalue weighted by atomic mass is 16.2. The van der Waals surface area contributed by atoms with E-state index in [1.165, 1.54) is 41.8 Å². The van der Waals surface area contributed by atoms with E-state index >= 15 is 0 Å². The topological polar surface area (TPSA) is 40.5 Å². The highest BCUT2D eigenvalue weighted by Gasteiger charge is 2.13. The predicted molar refractivity (Wildman–Crippen MR) is 114 cm³/mol. The van der Waals surface area contributed by atoms with Crippen LogP contribution in [0.3, 0.4) is 0 Å². The smallest absolute Gasteiger partial charge is 0.106 e. The largest absolute Gasteiger partial charge is 0.400 e. The van der Waals surface area contributed by atoms with E-state index in [0.29, 0.717) is 0 Å². The summed E-state index contributed by atoms with van der Waals surface area (Å²) >= 11 is 0. The van der Waals surface area contributed by atoms with E-state index in [0.717, 1.165) is 19.1 Å². The Morgan fingerprint density at radius 2 is 1.73 bits per heavy atom. The van der Waals surface area contributed by atoms with E-state index in [1.807, 2.05) is 12.9 Å². The van der Waals surface area contributed by atoms with Gasteiger partial charge in [0.15, 0.2) is 0 Å². The average molecular weight is 356 g/mol. The molecule has 0 aliphatic carbocycles. The van der Waals surface area contributed by atoms with Crippen molar-refractivity contribution >= 4 is 18.0 Å². The van der Waals surface area contributed by atoms with E-state index in [4.69, 9.17) is 9.90 Å². The summed E-state index contributed by atoms with van der Waals surface area (Å²) in [5.74, 6) is 0. The second-order valence-electron chi connectivity index (χ2n) is 5.99. The van der Waals surface area contributed by atoms with Crippen molar-refractivity contribution in [2.24, 2.45) is 0 Å². The Bertz CT molecular complexity index is 638. The summed E-state index contributed by atoms with van der Waals surface area (Å²) in [6, 6.07) is 17.1. The number of hydrogen-bond donors (Lipinski definition) is 1. The van der Waals surface area contributed by atoms with Gasteiger partial charge in [-0.3, -0.25) is 0 Å². The van der Waals surface area contributed by atoms with E-state index in [9.17, 15) is 0 Å². The number of allylic oxidation sites excluding steroid dienone is 1. The van der Waals surface area contributed by atoms with Crippen LogP contribution in [-0.2, 0) is 17.6 Å². The number of rotatable bonds is 2. The van der Waals surface area contributed by atoms with Crippen LogP contribution in [-0.4, -0.2) is 32.6 Å². The van der Waals surface area contributed by atoms with Gasteiger partial charge in [0.05, 0.1) is 0 Å². The number of carbonyl (C=O) groups is 1. The molecule has 26 heavy (non-hydrogen) atoms. The zero-order chi connectivity index (χ0) is 19.9. The first-order valence-electron chi connectivity index (χ1n) is 8.89. The molecule has 0 fully saturated rings. The third-order valence-electron chi connectivity index (χ3n) is 4.17. The minimum Gasteiger partial charge on any atom is -0.400 e. The minimum atomic E-state index is 1.00. The molecule has 3 nitrogen and oxygen atoms in total. The van der Waals surface area contributed by atoms with Crippen molar-refractivity contribution < 1.29 is 9.90 Å². The Morgan fingerprint density at radius 3 is 2.23 bits per heavy atom. The Labute approximate surface area is 159 Å². The molecule has 0 spiro atoms. The summed E-state index contributed by atoms with van der Waals surface area (Å²) in [5.41, 5.74) is 6.70. The number of aryl methyl sites for hydroxylation is 2. The van der Waals surface area contributed by atoms with Crippen molar-refractivity contribution in [2.75, 3.05) is 25.6 Å². The molecule has 0 unspecified atom stereocenters. The summed E-state index contributed by atoms with van der Waals surface area (Å²) < 4.78 is 0. The molecular weight excluding hydrogens is 322 g/mol. The standard InChI is InChI=1S/C13H17N.C8H10.CH4O.CH2O/c1-10(2)11-6-7-13-12(9-11)5-4-8-14(13)3;1-2-8-6-4-3-5-7-8;2*1-2/h6-7,9H,1,4-5,8H2,2-3H3;3-7H,2H2,1H3;2H,1H3;1H2. The number of aliphatic hydroxyl groups is 1. The SMILES string of the molecule is C=C(C)c1ccc2c(c1)CCCN2C.C=O.CCc1ccccc1.CO. The first-order valence-corrected chi connectivity index (χ1v) is 8.89. The molecule has 1 aliphatic rings. The lowest BCUT2D eigenvalue weighted by Gasteiger charge is -2.27. The van der Waals surface area contributed by atoms with Gasteiger partial charge in [0.25, 0.3) is 0 Å². The summed E-state index contributed by atoms with van der Waals surface area (Å²) in [5, 5.41) is 7.00. The first-order chi connectivity index (χ1) is 12.6. The van der Waals surface area contributed by atoms with Crippen molar-refractivity contribution in [3.8, 4) is 0 Å². The Morgan fingerprint density at radius 1 is 1.12 bits per heavy atom. The van der Waals surface area contributed by atoms with Gasteiger partial charge in [-0.05, 0) is 55.0 Å². The van der Waals surface area contributed by atoms with Gasteiger partial charge < -0.3 is 14.8 Å². The van der Waals surface area contributed by atoms with E-state index in [1.54, 1.807) is 0 Å². The van der Waals surface area contributed by atoms with Gasteiger partial charge in [-0.15, -0.1) is 0 Å². The molecule has 142 valence electrons. The van der Waals surface area contributed by atoms with E-state index in [-0.39, 0.29) is 0 Å². The summed E-state index contributed by atoms with van der Waals surface area (Å²) in [6.45, 7) is 11.4. The van der Waals surface area contributed by atoms with Crippen LogP contribution in [0.1, 0.15) is 37.0 Å². The Balaban J connectivity index is 0.000000444. The van der Waals surface area contributed by atoms with E-state index in [2.05, 4.69) is 74.8 Å². The molecule has 0 bridgehead atoms. The van der Waals surface area contributed by atoms with Crippen LogP contribution in [0.4, 0.5) is 5.69 Å². The Hall–Kier alpha value is -2.39. The number of nitrogens with zero attached hydrogens (tertiary/aromatic N) is 1. The molecule has 0 radical (unpaired) electrons. The maximum atomic E-state index is 8.00. The summed E-state index contributed by atoms with van der Waals surface area (Å²) in [6.07, 6.45) is 3.62. The zero-order valence-electron chi connectivity index (χ0n) is 16.7. The summed E-state index contributed by atoms with van der Waals surface area (Å²) in [7, 11) is 3.17. The van der Waals surface area contributed by atoms with Crippen LogP contribution in [0.15, 0.2) is 55.1 Å². The fraction of sp³-hybridized carbons (Fsp3) is 0.348. The third kappa shape index (κ3) is 7.66. The minimum absolute atomic E-state index is 1.00. The Kier molecular flexibility index (Phi) is 12.6. The van der Waals surface area contributed by atoms with Crippen molar-refractivity contribution in [2.45, 2.75) is 33.1 Å². The molecule has 1 heterocycles. The maximum absolute atomic E-state index is 8.00. The third-order valence-corrected chi connectivity index (χ3v) is 4.17. The van der Waals surface area contributed by atoms with Crippen molar-refractivity contribution in [3.63, 3.8) is 0 Å². The lowest BCUT2D eigenvalue weighted by Crippen LogP contribution is -2.24. The molecule has 2 aromatic rings. The van der Waals surface area contributed by atoms with Crippen LogP contribution >= 0.6 is 0 Å². The molecule has 0 amide bonds. The molecule has 1 aliphatic heterocycles. The fourth-order valence-corrected chi connectivity index (χ4v) is 2.76. The first kappa shape index (κ1) is 23.6. The summed E-state index contributed by atoms with van der Waals surface area (Å²) in [4.78, 5) is 10.3. The molecule has 2 aromatic carbocycles. The number of carbonyl (C=O) groups excluding carboxylic acids is 1. The molecular formula is C23H33NO2. The number of hydrogen-bond acceptors (Lipinski definition) is 3. The van der Waals surface area contributed by atoms with Gasteiger partial charge in [-0.25, -0.2) is 0 Å². The number of aliphatic hydroxyl groups excluding tert-OH is 1. The quantitative estimate of drug-likeness (QED) is 0.843. The van der Waals surface area contributed by atoms with Crippen molar-refractivity contribution in [1.29, 1.82) is 0 Å². The van der Waals surface area contributed by atoms with Crippen LogP contribution in [0.5, 0.6) is 0 Å². The predicted octanol–water partition coefficient (Wildman–Crippen LogP) is 4.77. The van der Waals surface area contributed by atoms with Gasteiger partial charge in [-0.1, -0.05) is 55.5 Å². The molecule has 3 rings (SSSR count). The van der Waals surface area contributed by atoms with Gasteiger partial charge in [0, 0.05) is 26.4 Å². The second kappa shape index (κ2) is 13.9. The number of fused-ring (bicyclic) bond motifs is 1. The van der Waals surface area contributed by atoms with Gasteiger partial charge in [0.2, 0.25) is 0 Å². The zero-order valence-corrected chi connectivity index (χ0v) is 16.7. The molecule has 0 aromatic heterocycles. The highest BCUT2D eigenvalue weighted by Crippen LogP contribution is 2.28. The van der Waals surface area contributed by atoms with Gasteiger partial charge in [-0.2, -0.15) is 0 Å². The van der Waals surface area contributed by atoms with Gasteiger partial charge in [0.1, 0.15) is 6.79 Å². The monoisotopic (exact) mass is 355 g/mol. The van der Waals surface area contributed by atoms with Crippen LogP contribution in [0.25, 0.3) is 5.57 Å². The molecule has 0 saturated carbocycles. The molecule has 0 saturated heterocycles. The van der Waals surface area contributed by atoms with Crippen LogP contribution in [0.2, 0.25) is 0 Å². The lowest BCUT2D eigenvalue weighted by molar-refractivity contribution is -0.0979. The molecule has 3 heteroatoms. The normalized spacial score (nSPS) is 11.3. The molecule has 1 N–H and O–H groups in total. The van der Waals surface area contributed by atoms with Crippen molar-refractivity contribution in [1.82, 2.24) is 0 Å². The van der Waals surface area contributed by atoms with Crippen LogP contribution in [0, 0.1) is 0 Å². The molecule has 0 atom stereocenters. The number of benzene rings is 2. The van der Waals surface area contributed by atoms with Crippen LogP contribution < -0.4 is 4.90 Å². The van der Waals surface area contributed by atoms with E-state index < -0.39 is 0 Å². The number of anilines is 1. The maximum Gasteiger partial charge on any atom is 0.106 e. The van der Waals surface area contributed by atoms with Gasteiger partial charge >= 0.3 is 0 Å². The van der Waals surface area contributed by atoms with Crippen molar-refractivity contribution in [3.05, 3.63) is 71.8 Å².